The zero-order valence-corrected chi connectivity index (χ0v) is 26.9. The van der Waals surface area contributed by atoms with E-state index in [0.717, 1.165) is 12.1 Å². The number of benzene rings is 3. The lowest BCUT2D eigenvalue weighted by atomic mass is 9.95. The molecule has 0 unspecified atom stereocenters. The third kappa shape index (κ3) is 8.41. The van der Waals surface area contributed by atoms with Crippen molar-refractivity contribution in [3.63, 3.8) is 0 Å². The van der Waals surface area contributed by atoms with Gasteiger partial charge in [-0.3, -0.25) is 9.59 Å². The molecule has 0 saturated carbocycles. The first-order valence-corrected chi connectivity index (χ1v) is 14.7. The summed E-state index contributed by atoms with van der Waals surface area (Å²) < 4.78 is 86.8. The van der Waals surface area contributed by atoms with Crippen molar-refractivity contribution in [1.82, 2.24) is 20.2 Å². The Morgan fingerprint density at radius 1 is 0.979 bits per heavy atom. The lowest BCUT2D eigenvalue weighted by Gasteiger charge is -2.19. The Kier molecular flexibility index (Phi) is 10.6. The molecule has 0 saturated heterocycles. The lowest BCUT2D eigenvalue weighted by molar-refractivity contribution is -0.138. The number of hydrogen-bond donors (Lipinski definition) is 3. The van der Waals surface area contributed by atoms with Crippen LogP contribution in [0, 0.1) is 11.2 Å². The first-order chi connectivity index (χ1) is 21.9. The molecule has 3 N–H and O–H groups in total. The minimum absolute atomic E-state index is 0.106. The highest BCUT2D eigenvalue weighted by Gasteiger charge is 2.34. The third-order valence-corrected chi connectivity index (χ3v) is 7.68. The van der Waals surface area contributed by atoms with Crippen molar-refractivity contribution in [3.05, 3.63) is 80.6 Å². The van der Waals surface area contributed by atoms with E-state index in [1.165, 1.54) is 16.7 Å². The smallest absolute Gasteiger partial charge is 0.416 e. The van der Waals surface area contributed by atoms with Crippen molar-refractivity contribution in [2.24, 2.45) is 12.5 Å². The van der Waals surface area contributed by atoms with Gasteiger partial charge in [0, 0.05) is 31.6 Å². The summed E-state index contributed by atoms with van der Waals surface area (Å²) in [6.45, 7) is 3.67. The monoisotopic (exact) mass is 703 g/mol. The van der Waals surface area contributed by atoms with Crippen LogP contribution in [0.15, 0.2) is 42.5 Å². The van der Waals surface area contributed by atoms with Gasteiger partial charge in [0.05, 0.1) is 37.9 Å². The van der Waals surface area contributed by atoms with Crippen LogP contribution in [0.25, 0.3) is 11.0 Å². The number of anilines is 2. The second kappa shape index (κ2) is 13.9. The molecule has 16 heteroatoms. The summed E-state index contributed by atoms with van der Waals surface area (Å²) in [5.74, 6) is -2.38. The van der Waals surface area contributed by atoms with E-state index in [-0.39, 0.29) is 51.0 Å². The highest BCUT2D eigenvalue weighted by Crippen LogP contribution is 2.37. The van der Waals surface area contributed by atoms with Gasteiger partial charge in [-0.2, -0.15) is 13.2 Å². The number of aromatic nitrogens is 2. The summed E-state index contributed by atoms with van der Waals surface area (Å²) in [7, 11) is 1.58. The van der Waals surface area contributed by atoms with E-state index in [9.17, 15) is 35.9 Å². The van der Waals surface area contributed by atoms with Crippen molar-refractivity contribution in [1.29, 1.82) is 0 Å². The average Bonchev–Trinajstić information content (AvgIpc) is 3.28. The Hall–Kier alpha value is -4.17. The number of imidazole rings is 1. The van der Waals surface area contributed by atoms with Crippen molar-refractivity contribution < 1.29 is 40.7 Å². The number of amides is 2. The van der Waals surface area contributed by atoms with Gasteiger partial charge < -0.3 is 25.3 Å². The molecule has 0 aliphatic heterocycles. The number of nitrogens with zero attached hydrogens (tertiary/aromatic N) is 2. The number of carbonyl (C=O) groups is 2. The average molecular weight is 704 g/mol. The molecular weight excluding hydrogens is 675 g/mol. The number of ether oxygens (including phenoxy) is 1. The molecule has 0 fully saturated rings. The number of hydrogen-bond acceptors (Lipinski definition) is 5. The topological polar surface area (TPSA) is 97.3 Å². The predicted molar refractivity (Wildman–Crippen MR) is 166 cm³/mol. The molecule has 3 aromatic carbocycles. The van der Waals surface area contributed by atoms with Gasteiger partial charge in [-0.05, 0) is 35.4 Å². The molecule has 0 aliphatic carbocycles. The van der Waals surface area contributed by atoms with Crippen molar-refractivity contribution in [2.75, 3.05) is 11.9 Å². The van der Waals surface area contributed by atoms with Crippen molar-refractivity contribution >= 4 is 57.7 Å². The number of carbonyl (C=O) groups excluding carboxylic acids is 2. The van der Waals surface area contributed by atoms with Crippen LogP contribution in [0.1, 0.15) is 47.8 Å². The van der Waals surface area contributed by atoms with Gasteiger partial charge in [0.1, 0.15) is 18.2 Å². The third-order valence-electron chi connectivity index (χ3n) is 6.94. The van der Waals surface area contributed by atoms with Gasteiger partial charge in [-0.15, -0.1) is 0 Å². The second-order valence-electron chi connectivity index (χ2n) is 11.5. The minimum Gasteiger partial charge on any atom is -0.487 e. The second-order valence-corrected chi connectivity index (χ2v) is 12.3. The molecule has 4 rings (SSSR count). The van der Waals surface area contributed by atoms with Gasteiger partial charge in [-0.1, -0.05) is 56.1 Å². The van der Waals surface area contributed by atoms with E-state index < -0.39 is 54.0 Å². The Balaban J connectivity index is 1.66. The largest absolute Gasteiger partial charge is 0.487 e. The van der Waals surface area contributed by atoms with E-state index in [2.05, 4.69) is 20.9 Å². The van der Waals surface area contributed by atoms with Crippen LogP contribution in [-0.4, -0.2) is 34.4 Å². The summed E-state index contributed by atoms with van der Waals surface area (Å²) in [6.07, 6.45) is -7.79. The molecule has 0 bridgehead atoms. The number of fused-ring (bicyclic) bond motifs is 1. The lowest BCUT2D eigenvalue weighted by Crippen LogP contribution is -2.34. The van der Waals surface area contributed by atoms with Crippen molar-refractivity contribution in [3.8, 4) is 5.75 Å². The van der Waals surface area contributed by atoms with Gasteiger partial charge in [0.2, 0.25) is 11.9 Å². The first-order valence-electron chi connectivity index (χ1n) is 13.9. The standard InChI is InChI=1S/C31H29Cl2F6N5O3/c1-30(2,3)28(46)41-13-16-6-8-20(32)26(25(16)33)43-29-42-21-10-18(23(47-14-24(35)36)11-22(21)44(29)4)27(45)40-12-15-5-7-17(34)9-19(15)31(37,38)39/h5-11,24H,12-14H2,1-4H3,(H,40,45)(H,41,46)(H,42,43). The van der Waals surface area contributed by atoms with Crippen LogP contribution >= 0.6 is 23.2 Å². The minimum atomic E-state index is -4.89. The van der Waals surface area contributed by atoms with Crippen LogP contribution < -0.4 is 20.7 Å². The molecule has 0 radical (unpaired) electrons. The molecule has 4 aromatic rings. The number of alkyl halides is 5. The molecule has 2 amide bonds. The highest BCUT2D eigenvalue weighted by molar-refractivity contribution is 6.39. The Bertz CT molecular complexity index is 1820. The highest BCUT2D eigenvalue weighted by atomic mass is 35.5. The quantitative estimate of drug-likeness (QED) is 0.145. The molecule has 47 heavy (non-hydrogen) atoms. The summed E-state index contributed by atoms with van der Waals surface area (Å²) in [5, 5.41) is 8.55. The maximum absolute atomic E-state index is 13.5. The molecule has 0 aliphatic rings. The maximum Gasteiger partial charge on any atom is 0.416 e. The van der Waals surface area contributed by atoms with Gasteiger partial charge in [0.15, 0.2) is 0 Å². The van der Waals surface area contributed by atoms with Crippen molar-refractivity contribution in [2.45, 2.75) is 46.5 Å². The van der Waals surface area contributed by atoms with Crippen LogP contribution in [0.4, 0.5) is 38.0 Å². The number of nitrogens with one attached hydrogen (secondary N) is 3. The Morgan fingerprint density at radius 3 is 2.28 bits per heavy atom. The fraction of sp³-hybridized carbons (Fsp3) is 0.323. The fourth-order valence-corrected chi connectivity index (χ4v) is 4.95. The molecule has 8 nitrogen and oxygen atoms in total. The van der Waals surface area contributed by atoms with Crippen LogP contribution in [-0.2, 0) is 31.1 Å². The molecular formula is C31H29Cl2F6N5O3. The zero-order valence-electron chi connectivity index (χ0n) is 25.4. The maximum atomic E-state index is 13.5. The fourth-order valence-electron chi connectivity index (χ4n) is 4.42. The molecule has 0 spiro atoms. The van der Waals surface area contributed by atoms with Gasteiger partial charge in [0.25, 0.3) is 12.3 Å². The number of rotatable bonds is 10. The van der Waals surface area contributed by atoms with Crippen LogP contribution in [0.3, 0.4) is 0 Å². The molecule has 1 aromatic heterocycles. The molecule has 0 atom stereocenters. The Morgan fingerprint density at radius 2 is 1.64 bits per heavy atom. The summed E-state index contributed by atoms with van der Waals surface area (Å²) in [4.78, 5) is 30.0. The van der Waals surface area contributed by atoms with E-state index in [4.69, 9.17) is 27.9 Å². The van der Waals surface area contributed by atoms with E-state index in [1.807, 2.05) is 0 Å². The van der Waals surface area contributed by atoms with Crippen LogP contribution in [0.2, 0.25) is 10.0 Å². The normalized spacial score (nSPS) is 12.0. The summed E-state index contributed by atoms with van der Waals surface area (Å²) in [6, 6.07) is 7.74. The van der Waals surface area contributed by atoms with E-state index in [0.29, 0.717) is 17.1 Å². The Labute approximate surface area is 275 Å². The molecule has 1 heterocycles. The van der Waals surface area contributed by atoms with E-state index >= 15 is 0 Å². The van der Waals surface area contributed by atoms with Gasteiger partial charge in [-0.25, -0.2) is 18.2 Å². The number of aryl methyl sites for hydroxylation is 1. The SMILES string of the molecule is Cn1c(Nc2c(Cl)ccc(CNC(=O)C(C)(C)C)c2Cl)nc2cc(C(=O)NCc3ccc(F)cc3C(F)(F)F)c(OCC(F)F)cc21. The van der Waals surface area contributed by atoms with Gasteiger partial charge >= 0.3 is 6.18 Å². The summed E-state index contributed by atoms with van der Waals surface area (Å²) in [5.41, 5.74) is -1.30. The first kappa shape index (κ1) is 35.7. The zero-order chi connectivity index (χ0) is 34.8. The number of halogens is 8. The van der Waals surface area contributed by atoms with E-state index in [1.54, 1.807) is 40.0 Å². The molecule has 252 valence electrons. The summed E-state index contributed by atoms with van der Waals surface area (Å²) >= 11 is 13.1. The predicted octanol–water partition coefficient (Wildman–Crippen LogP) is 8.02. The van der Waals surface area contributed by atoms with Crippen LogP contribution in [0.5, 0.6) is 5.75 Å².